The van der Waals surface area contributed by atoms with Gasteiger partial charge in [0.05, 0.1) is 0 Å². The number of carbonyl (C=O) groups is 1. The maximum Gasteiger partial charge on any atom is 0.225 e. The number of rotatable bonds is 4. The molecule has 0 aliphatic rings. The number of amides is 1. The molecule has 0 saturated carbocycles. The molecule has 0 saturated heterocycles. The summed E-state index contributed by atoms with van der Waals surface area (Å²) in [6.07, 6.45) is 4.42. The van der Waals surface area contributed by atoms with E-state index in [1.165, 1.54) is 0 Å². The molecule has 0 atom stereocenters. The van der Waals surface area contributed by atoms with Crippen LogP contribution in [-0.2, 0) is 4.79 Å². The molecule has 1 N–H and O–H groups in total. The van der Waals surface area contributed by atoms with Crippen LogP contribution < -0.4 is 5.32 Å². The molecular formula is C13H13BrN2O. The fraction of sp³-hybridized carbons (Fsp3) is 0.154. The van der Waals surface area contributed by atoms with Gasteiger partial charge in [0.1, 0.15) is 0 Å². The summed E-state index contributed by atoms with van der Waals surface area (Å²) in [7, 11) is 0. The van der Waals surface area contributed by atoms with Crippen molar-refractivity contribution in [3.05, 3.63) is 48.8 Å². The predicted molar refractivity (Wildman–Crippen MR) is 72.8 cm³/mol. The Morgan fingerprint density at radius 1 is 1.24 bits per heavy atom. The molecule has 2 aromatic rings. The van der Waals surface area contributed by atoms with Crippen LogP contribution in [0.1, 0.15) is 6.42 Å². The summed E-state index contributed by atoms with van der Waals surface area (Å²) in [4.78, 5) is 11.5. The van der Waals surface area contributed by atoms with Crippen LogP contribution in [0.15, 0.2) is 48.8 Å². The maximum absolute atomic E-state index is 11.5. The zero-order valence-electron chi connectivity index (χ0n) is 9.27. The third kappa shape index (κ3) is 3.20. The van der Waals surface area contributed by atoms with Crippen LogP contribution in [0.5, 0.6) is 0 Å². The van der Waals surface area contributed by atoms with E-state index >= 15 is 0 Å². The van der Waals surface area contributed by atoms with Crippen molar-refractivity contribution in [2.24, 2.45) is 0 Å². The monoisotopic (exact) mass is 292 g/mol. The zero-order valence-corrected chi connectivity index (χ0v) is 10.9. The van der Waals surface area contributed by atoms with Crippen LogP contribution in [0.2, 0.25) is 0 Å². The molecule has 1 amide bonds. The molecule has 1 heterocycles. The number of hydrogen-bond donors (Lipinski definition) is 1. The van der Waals surface area contributed by atoms with Gasteiger partial charge in [-0.3, -0.25) is 4.79 Å². The summed E-state index contributed by atoms with van der Waals surface area (Å²) in [6.45, 7) is 0. The molecular weight excluding hydrogens is 280 g/mol. The summed E-state index contributed by atoms with van der Waals surface area (Å²) < 4.78 is 2.00. The standard InChI is InChI=1S/C13H13BrN2O/c14-7-6-13(17)15-11-4-3-5-12(10-11)16-8-1-2-9-16/h1-5,8-10H,6-7H2,(H,15,17). The van der Waals surface area contributed by atoms with Gasteiger partial charge in [0, 0.05) is 35.5 Å². The Balaban J connectivity index is 2.15. The highest BCUT2D eigenvalue weighted by atomic mass is 79.9. The first-order valence-corrected chi connectivity index (χ1v) is 6.51. The maximum atomic E-state index is 11.5. The van der Waals surface area contributed by atoms with Gasteiger partial charge in [-0.05, 0) is 30.3 Å². The van der Waals surface area contributed by atoms with Crippen LogP contribution in [0.25, 0.3) is 5.69 Å². The zero-order chi connectivity index (χ0) is 12.1. The van der Waals surface area contributed by atoms with Crippen molar-refractivity contribution in [1.82, 2.24) is 4.57 Å². The van der Waals surface area contributed by atoms with E-state index in [1.54, 1.807) is 0 Å². The number of benzene rings is 1. The van der Waals surface area contributed by atoms with Crippen LogP contribution in [-0.4, -0.2) is 15.8 Å². The Kier molecular flexibility index (Phi) is 3.98. The van der Waals surface area contributed by atoms with E-state index in [0.29, 0.717) is 11.8 Å². The van der Waals surface area contributed by atoms with E-state index in [-0.39, 0.29) is 5.91 Å². The molecule has 1 aromatic carbocycles. The highest BCUT2D eigenvalue weighted by Gasteiger charge is 2.02. The summed E-state index contributed by atoms with van der Waals surface area (Å²) in [5.41, 5.74) is 1.86. The molecule has 0 radical (unpaired) electrons. The summed E-state index contributed by atoms with van der Waals surface area (Å²) in [5, 5.41) is 3.54. The third-order valence-electron chi connectivity index (χ3n) is 2.35. The summed E-state index contributed by atoms with van der Waals surface area (Å²) in [5.74, 6) is 0.0199. The number of hydrogen-bond acceptors (Lipinski definition) is 1. The molecule has 0 bridgehead atoms. The molecule has 2 rings (SSSR count). The SMILES string of the molecule is O=C(CCBr)Nc1cccc(-n2cccc2)c1. The molecule has 4 heteroatoms. The lowest BCUT2D eigenvalue weighted by Gasteiger charge is -2.07. The number of nitrogens with one attached hydrogen (secondary N) is 1. The van der Waals surface area contributed by atoms with Gasteiger partial charge in [0.15, 0.2) is 0 Å². The lowest BCUT2D eigenvalue weighted by atomic mass is 10.2. The van der Waals surface area contributed by atoms with Gasteiger partial charge in [0.2, 0.25) is 5.91 Å². The second kappa shape index (κ2) is 5.68. The number of nitrogens with zero attached hydrogens (tertiary/aromatic N) is 1. The van der Waals surface area contributed by atoms with Crippen LogP contribution in [0.3, 0.4) is 0 Å². The van der Waals surface area contributed by atoms with E-state index in [1.807, 2.05) is 53.4 Å². The average molecular weight is 293 g/mol. The second-order valence-corrected chi connectivity index (χ2v) is 4.42. The van der Waals surface area contributed by atoms with E-state index < -0.39 is 0 Å². The lowest BCUT2D eigenvalue weighted by Crippen LogP contribution is -2.11. The Morgan fingerprint density at radius 3 is 2.71 bits per heavy atom. The van der Waals surface area contributed by atoms with Crippen molar-refractivity contribution >= 4 is 27.5 Å². The first-order chi connectivity index (χ1) is 8.29. The number of carbonyl (C=O) groups excluding carboxylic acids is 1. The molecule has 17 heavy (non-hydrogen) atoms. The van der Waals surface area contributed by atoms with Gasteiger partial charge in [-0.25, -0.2) is 0 Å². The molecule has 0 unspecified atom stereocenters. The third-order valence-corrected chi connectivity index (χ3v) is 2.75. The highest BCUT2D eigenvalue weighted by Crippen LogP contribution is 2.15. The summed E-state index contributed by atoms with van der Waals surface area (Å²) in [6, 6.07) is 11.7. The quantitative estimate of drug-likeness (QED) is 0.863. The predicted octanol–water partition coefficient (Wildman–Crippen LogP) is 3.20. The fourth-order valence-electron chi connectivity index (χ4n) is 1.56. The van der Waals surface area contributed by atoms with Gasteiger partial charge in [-0.1, -0.05) is 22.0 Å². The van der Waals surface area contributed by atoms with Crippen molar-refractivity contribution in [2.75, 3.05) is 10.6 Å². The van der Waals surface area contributed by atoms with E-state index in [4.69, 9.17) is 0 Å². The topological polar surface area (TPSA) is 34.0 Å². The number of anilines is 1. The number of aromatic nitrogens is 1. The lowest BCUT2D eigenvalue weighted by molar-refractivity contribution is -0.115. The minimum atomic E-state index is 0.0199. The van der Waals surface area contributed by atoms with E-state index in [9.17, 15) is 4.79 Å². The first kappa shape index (κ1) is 11.9. The largest absolute Gasteiger partial charge is 0.326 e. The molecule has 0 spiro atoms. The Hall–Kier alpha value is -1.55. The molecule has 88 valence electrons. The highest BCUT2D eigenvalue weighted by molar-refractivity contribution is 9.09. The molecule has 3 nitrogen and oxygen atoms in total. The molecule has 0 fully saturated rings. The fourth-order valence-corrected chi connectivity index (χ4v) is 1.92. The average Bonchev–Trinajstić information content (AvgIpc) is 2.83. The summed E-state index contributed by atoms with van der Waals surface area (Å²) >= 11 is 3.24. The van der Waals surface area contributed by atoms with Gasteiger partial charge in [-0.15, -0.1) is 0 Å². The van der Waals surface area contributed by atoms with Crippen molar-refractivity contribution in [3.8, 4) is 5.69 Å². The molecule has 1 aromatic heterocycles. The molecule has 0 aliphatic heterocycles. The van der Waals surface area contributed by atoms with E-state index in [2.05, 4.69) is 21.2 Å². The second-order valence-electron chi connectivity index (χ2n) is 3.63. The molecule has 0 aliphatic carbocycles. The van der Waals surface area contributed by atoms with Gasteiger partial charge in [0.25, 0.3) is 0 Å². The number of halogens is 1. The number of alkyl halides is 1. The Labute approximate surface area is 109 Å². The van der Waals surface area contributed by atoms with Crippen LogP contribution >= 0.6 is 15.9 Å². The first-order valence-electron chi connectivity index (χ1n) is 5.39. The van der Waals surface area contributed by atoms with Gasteiger partial charge >= 0.3 is 0 Å². The van der Waals surface area contributed by atoms with Gasteiger partial charge in [-0.2, -0.15) is 0 Å². The Morgan fingerprint density at radius 2 is 2.00 bits per heavy atom. The van der Waals surface area contributed by atoms with Crippen LogP contribution in [0, 0.1) is 0 Å². The van der Waals surface area contributed by atoms with E-state index in [0.717, 1.165) is 11.4 Å². The van der Waals surface area contributed by atoms with Crippen molar-refractivity contribution in [1.29, 1.82) is 0 Å². The minimum Gasteiger partial charge on any atom is -0.326 e. The van der Waals surface area contributed by atoms with Crippen molar-refractivity contribution in [3.63, 3.8) is 0 Å². The van der Waals surface area contributed by atoms with Crippen LogP contribution in [0.4, 0.5) is 5.69 Å². The Bertz CT molecular complexity index is 494. The smallest absolute Gasteiger partial charge is 0.225 e. The van der Waals surface area contributed by atoms with Crippen molar-refractivity contribution in [2.45, 2.75) is 6.42 Å². The minimum absolute atomic E-state index is 0.0199. The van der Waals surface area contributed by atoms with Crippen molar-refractivity contribution < 1.29 is 4.79 Å². The normalized spacial score (nSPS) is 10.2. The van der Waals surface area contributed by atoms with Gasteiger partial charge < -0.3 is 9.88 Å².